The maximum absolute atomic E-state index is 11.0. The van der Waals surface area contributed by atoms with Crippen LogP contribution in [0.25, 0.3) is 0 Å². The number of hydrogen-bond acceptors (Lipinski definition) is 8. The number of rotatable bonds is 10. The van der Waals surface area contributed by atoms with Crippen molar-refractivity contribution in [3.63, 3.8) is 0 Å². The predicted molar refractivity (Wildman–Crippen MR) is 71.7 cm³/mol. The van der Waals surface area contributed by atoms with Gasteiger partial charge in [0.05, 0.1) is 0 Å². The molecule has 0 radical (unpaired) electrons. The summed E-state index contributed by atoms with van der Waals surface area (Å²) in [5.41, 5.74) is -1.25. The monoisotopic (exact) mass is 311 g/mol. The van der Waals surface area contributed by atoms with Crippen LogP contribution in [0.4, 0.5) is 0 Å². The van der Waals surface area contributed by atoms with E-state index >= 15 is 0 Å². The summed E-state index contributed by atoms with van der Waals surface area (Å²) in [5.74, 6) is -0.871. The number of aliphatic hydroxyl groups is 4. The molecule has 0 aromatic carbocycles. The van der Waals surface area contributed by atoms with Gasteiger partial charge in [-0.2, -0.15) is 0 Å². The second-order valence-corrected chi connectivity index (χ2v) is 7.13. The predicted octanol–water partition coefficient (Wildman–Crippen LogP) is -2.60. The van der Waals surface area contributed by atoms with Gasteiger partial charge in [-0.25, -0.2) is 0 Å². The Hall–Kier alpha value is -0.385. The van der Waals surface area contributed by atoms with Crippen LogP contribution in [0.1, 0.15) is 20.3 Å². The van der Waals surface area contributed by atoms with Gasteiger partial charge in [0.2, 0.25) is 0 Å². The first-order valence-corrected chi connectivity index (χ1v) is 7.86. The van der Waals surface area contributed by atoms with E-state index in [1.54, 1.807) is 0 Å². The molecule has 0 aliphatic heterocycles. The average molecular weight is 311 g/mol. The Kier molecular flexibility index (Phi) is 8.00. The van der Waals surface area contributed by atoms with Crippen LogP contribution in [0, 0.1) is 5.92 Å². The number of aliphatic hydroxyl groups excluding tert-OH is 4. The first-order valence-electron chi connectivity index (χ1n) is 6.15. The van der Waals surface area contributed by atoms with Gasteiger partial charge < -0.3 is 0 Å². The molecule has 0 rings (SSSR count). The molecule has 5 N–H and O–H groups in total. The van der Waals surface area contributed by atoms with Crippen molar-refractivity contribution in [2.75, 3.05) is 19.0 Å². The summed E-state index contributed by atoms with van der Waals surface area (Å²) in [6.07, 6.45) is -3.47. The van der Waals surface area contributed by atoms with Gasteiger partial charge in [0, 0.05) is 0 Å². The standard InChI is InChI=1S/C10H22BNO7S/c1-7(2)3-10(5-13,6-14)12-9(16)8(15)4-20(18,19)11-17/h7-9,12-16H,3-6H2,1-2H3. The minimum absolute atomic E-state index is 0.0739. The first kappa shape index (κ1) is 19.6. The van der Waals surface area contributed by atoms with Gasteiger partial charge in [-0.1, -0.05) is 0 Å². The van der Waals surface area contributed by atoms with Crippen LogP contribution >= 0.6 is 0 Å². The van der Waals surface area contributed by atoms with E-state index in [1.807, 2.05) is 13.8 Å². The quantitative estimate of drug-likeness (QED) is 0.218. The van der Waals surface area contributed by atoms with E-state index < -0.39 is 46.5 Å². The zero-order chi connectivity index (χ0) is 16.0. The van der Waals surface area contributed by atoms with E-state index in [4.69, 9.17) is 0 Å². The van der Waals surface area contributed by atoms with Gasteiger partial charge in [0.25, 0.3) is 0 Å². The molecule has 0 saturated heterocycles. The molecule has 118 valence electrons. The molecule has 0 aliphatic carbocycles. The van der Waals surface area contributed by atoms with Crippen LogP contribution in [0.5, 0.6) is 0 Å². The van der Waals surface area contributed by atoms with Crippen LogP contribution in [0.2, 0.25) is 0 Å². The molecule has 0 fully saturated rings. The number of nitrogens with one attached hydrogen (secondary N) is 1. The zero-order valence-electron chi connectivity index (χ0n) is 11.6. The Morgan fingerprint density at radius 3 is 2.05 bits per heavy atom. The van der Waals surface area contributed by atoms with Crippen LogP contribution in [0.15, 0.2) is 0 Å². The summed E-state index contributed by atoms with van der Waals surface area (Å²) >= 11 is 0. The van der Waals surface area contributed by atoms with Gasteiger partial charge in [-0.15, -0.1) is 0 Å². The van der Waals surface area contributed by atoms with Crippen molar-refractivity contribution in [3.8, 4) is 0 Å². The third kappa shape index (κ3) is 6.38. The molecule has 0 bridgehead atoms. The summed E-state index contributed by atoms with van der Waals surface area (Å²) in [6.45, 7) is 2.65. The van der Waals surface area contributed by atoms with Crippen LogP contribution < -0.4 is 5.32 Å². The van der Waals surface area contributed by atoms with E-state index in [9.17, 15) is 33.5 Å². The maximum atomic E-state index is 11.0. The molecule has 0 saturated carbocycles. The van der Waals surface area contributed by atoms with Crippen LogP contribution in [-0.2, 0) is 14.4 Å². The molecule has 20 heavy (non-hydrogen) atoms. The number of hydrogen-bond donors (Lipinski definition) is 5. The molecule has 0 aromatic heterocycles. The fourth-order valence-electron chi connectivity index (χ4n) is 1.89. The van der Waals surface area contributed by atoms with Gasteiger partial charge in [-0.3, -0.25) is 0 Å². The summed E-state index contributed by atoms with van der Waals surface area (Å²) in [4.78, 5) is 0. The van der Waals surface area contributed by atoms with E-state index in [1.165, 1.54) is 0 Å². The molecular weight excluding hydrogens is 289 g/mol. The molecule has 0 heterocycles. The van der Waals surface area contributed by atoms with Crippen molar-refractivity contribution >= 4 is 16.1 Å². The molecule has 2 unspecified atom stereocenters. The fourth-order valence-corrected chi connectivity index (χ4v) is 2.63. The minimum atomic E-state index is -4.11. The molecule has 10 heteroatoms. The van der Waals surface area contributed by atoms with Crippen LogP contribution in [-0.4, -0.2) is 72.1 Å². The van der Waals surface area contributed by atoms with Crippen molar-refractivity contribution in [1.29, 1.82) is 0 Å². The van der Waals surface area contributed by atoms with E-state index in [-0.39, 0.29) is 12.3 Å². The third-order valence-corrected chi connectivity index (χ3v) is 3.87. The van der Waals surface area contributed by atoms with E-state index in [0.29, 0.717) is 6.42 Å². The molecule has 8 nitrogen and oxygen atoms in total. The molecule has 0 amide bonds. The molecule has 0 spiro atoms. The molecule has 0 aliphatic rings. The van der Waals surface area contributed by atoms with Crippen molar-refractivity contribution in [2.24, 2.45) is 5.92 Å². The second kappa shape index (κ2) is 8.15. The Morgan fingerprint density at radius 2 is 1.70 bits per heavy atom. The fraction of sp³-hybridized carbons (Fsp3) is 1.00. The third-order valence-electron chi connectivity index (χ3n) is 2.77. The second-order valence-electron chi connectivity index (χ2n) is 5.28. The SMILES string of the molecule is CC(C)CC(CO)(CO)NC(O)C(O)CS(=O)(=O)B=O. The van der Waals surface area contributed by atoms with Gasteiger partial charge in [0.15, 0.2) is 0 Å². The Balaban J connectivity index is 4.83. The van der Waals surface area contributed by atoms with Crippen LogP contribution in [0.3, 0.4) is 0 Å². The van der Waals surface area contributed by atoms with E-state index in [2.05, 4.69) is 5.32 Å². The first-order chi connectivity index (χ1) is 9.11. The van der Waals surface area contributed by atoms with E-state index in [0.717, 1.165) is 0 Å². The summed E-state index contributed by atoms with van der Waals surface area (Å²) < 4.78 is 32.3. The molecule has 2 atom stereocenters. The molecule has 0 aromatic rings. The Labute approximate surface area is 118 Å². The van der Waals surface area contributed by atoms with Crippen molar-refractivity contribution < 1.29 is 33.5 Å². The molecular formula is C10H22BNO7S. The van der Waals surface area contributed by atoms with Gasteiger partial charge in [0.1, 0.15) is 0 Å². The topological polar surface area (TPSA) is 144 Å². The van der Waals surface area contributed by atoms with Crippen molar-refractivity contribution in [3.05, 3.63) is 0 Å². The summed E-state index contributed by atoms with van der Waals surface area (Å²) in [7, 11) is -4.11. The van der Waals surface area contributed by atoms with Crippen molar-refractivity contribution in [2.45, 2.75) is 38.1 Å². The van der Waals surface area contributed by atoms with Crippen molar-refractivity contribution in [1.82, 2.24) is 5.32 Å². The van der Waals surface area contributed by atoms with Gasteiger partial charge >= 0.3 is 118 Å². The summed E-state index contributed by atoms with van der Waals surface area (Å²) in [5, 5.41) is 40.4. The normalized spacial score (nSPS) is 15.9. The Bertz CT molecular complexity index is 396. The van der Waals surface area contributed by atoms with Gasteiger partial charge in [-0.05, 0) is 0 Å². The zero-order valence-corrected chi connectivity index (χ0v) is 12.4. The Morgan fingerprint density at radius 1 is 1.20 bits per heavy atom. The summed E-state index contributed by atoms with van der Waals surface area (Å²) in [6, 6.07) is 0. The average Bonchev–Trinajstić information content (AvgIpc) is 2.36.